The van der Waals surface area contributed by atoms with E-state index in [4.69, 9.17) is 0 Å². The fraction of sp³-hybridized carbons (Fsp3) is 0.962. The van der Waals surface area contributed by atoms with Gasteiger partial charge in [0.15, 0.2) is 0 Å². The number of hydrogen-bond donors (Lipinski definition) is 1. The molecule has 0 spiro atoms. The molecule has 0 aromatic heterocycles. The van der Waals surface area contributed by atoms with Crippen molar-refractivity contribution in [1.29, 1.82) is 0 Å². The molecular formula is C26H53NO3. The molecule has 180 valence electrons. The van der Waals surface area contributed by atoms with E-state index in [-0.39, 0.29) is 11.0 Å². The van der Waals surface area contributed by atoms with Gasteiger partial charge in [-0.1, -0.05) is 117 Å². The zero-order valence-corrected chi connectivity index (χ0v) is 20.9. The Bertz CT molecular complexity index is 411. The molecule has 0 aromatic carbocycles. The van der Waals surface area contributed by atoms with Gasteiger partial charge in [-0.15, -0.1) is 0 Å². The fourth-order valence-corrected chi connectivity index (χ4v) is 4.57. The summed E-state index contributed by atoms with van der Waals surface area (Å²) in [6.07, 6.45) is 22.9. The smallest absolute Gasteiger partial charge is 0.119 e. The molecule has 0 aromatic rings. The molecule has 0 amide bonds. The summed E-state index contributed by atoms with van der Waals surface area (Å²) >= 11 is 0. The lowest BCUT2D eigenvalue weighted by atomic mass is 9.91. The molecule has 0 aliphatic heterocycles. The van der Waals surface area contributed by atoms with Crippen molar-refractivity contribution in [3.63, 3.8) is 0 Å². The lowest BCUT2D eigenvalue weighted by Crippen LogP contribution is -2.55. The van der Waals surface area contributed by atoms with E-state index in [2.05, 4.69) is 6.92 Å². The molecule has 0 saturated heterocycles. The van der Waals surface area contributed by atoms with Gasteiger partial charge in [0.25, 0.3) is 0 Å². The molecule has 0 heterocycles. The minimum absolute atomic E-state index is 0.0543. The van der Waals surface area contributed by atoms with Crippen LogP contribution in [0.1, 0.15) is 129 Å². The van der Waals surface area contributed by atoms with Crippen LogP contribution >= 0.6 is 0 Å². The topological polar surface area (TPSA) is 60.4 Å². The van der Waals surface area contributed by atoms with Gasteiger partial charge in [-0.3, -0.25) is 0 Å². The van der Waals surface area contributed by atoms with Gasteiger partial charge in [0.05, 0.1) is 20.1 Å². The number of nitrogens with zero attached hydrogens (tertiary/aromatic N) is 1. The number of carboxylic acid groups (broad SMARTS) is 1. The number of carbonyl (C=O) groups is 1. The number of unbranched alkanes of at least 4 members (excludes halogenated alkanes) is 15. The second kappa shape index (κ2) is 18.0. The summed E-state index contributed by atoms with van der Waals surface area (Å²) in [5.74, 6) is -1.05. The van der Waals surface area contributed by atoms with Crippen LogP contribution in [-0.4, -0.2) is 48.3 Å². The van der Waals surface area contributed by atoms with Gasteiger partial charge in [-0.2, -0.15) is 0 Å². The summed E-state index contributed by atoms with van der Waals surface area (Å²) in [6.45, 7) is 4.68. The third-order valence-electron chi connectivity index (χ3n) is 6.43. The Labute approximate surface area is 188 Å². The van der Waals surface area contributed by atoms with Gasteiger partial charge in [0.2, 0.25) is 0 Å². The fourth-order valence-electron chi connectivity index (χ4n) is 4.57. The summed E-state index contributed by atoms with van der Waals surface area (Å²) in [6, 6.07) is 0. The highest BCUT2D eigenvalue weighted by Gasteiger charge is 2.33. The Kier molecular flexibility index (Phi) is 17.6. The predicted octanol–water partition coefficient (Wildman–Crippen LogP) is 5.61. The van der Waals surface area contributed by atoms with Crippen molar-refractivity contribution in [1.82, 2.24) is 0 Å². The molecule has 0 aliphatic rings. The maximum atomic E-state index is 10.9. The molecule has 0 fully saturated rings. The van der Waals surface area contributed by atoms with Gasteiger partial charge in [0, 0.05) is 0 Å². The summed E-state index contributed by atoms with van der Waals surface area (Å²) in [4.78, 5) is 10.9. The Hall–Kier alpha value is -0.610. The van der Waals surface area contributed by atoms with E-state index in [1.54, 1.807) is 0 Å². The second-order valence-corrected chi connectivity index (χ2v) is 10.3. The third-order valence-corrected chi connectivity index (χ3v) is 6.43. The molecule has 0 aliphatic carbocycles. The molecule has 1 N–H and O–H groups in total. The zero-order chi connectivity index (χ0) is 22.7. The standard InChI is InChI=1S/C26H53NO3/c1-5-7-8-9-10-11-12-13-14-15-16-17-18-19-20-21-22-26(30,6-2)24-27(3,4)23-25(28)29/h30H,5-24H2,1-4H3. The maximum absolute atomic E-state index is 10.9. The lowest BCUT2D eigenvalue weighted by molar-refractivity contribution is -0.891. The number of hydrogen-bond acceptors (Lipinski definition) is 3. The van der Waals surface area contributed by atoms with Crippen molar-refractivity contribution in [3.05, 3.63) is 0 Å². The number of carboxylic acids is 1. The number of aliphatic carboxylic acids is 1. The van der Waals surface area contributed by atoms with E-state index in [1.807, 2.05) is 21.0 Å². The Morgan fingerprint density at radius 1 is 0.733 bits per heavy atom. The van der Waals surface area contributed by atoms with E-state index < -0.39 is 11.6 Å². The number of quaternary nitrogens is 1. The van der Waals surface area contributed by atoms with Gasteiger partial charge >= 0.3 is 0 Å². The summed E-state index contributed by atoms with van der Waals surface area (Å²) < 4.78 is 0.269. The van der Waals surface area contributed by atoms with Gasteiger partial charge in [0.1, 0.15) is 18.7 Å². The minimum Gasteiger partial charge on any atom is -0.544 e. The predicted molar refractivity (Wildman–Crippen MR) is 126 cm³/mol. The van der Waals surface area contributed by atoms with Crippen LogP contribution in [0.5, 0.6) is 0 Å². The normalized spacial score (nSPS) is 14.0. The highest BCUT2D eigenvalue weighted by Crippen LogP contribution is 2.23. The molecular weight excluding hydrogens is 374 g/mol. The van der Waals surface area contributed by atoms with Crippen LogP contribution in [0.25, 0.3) is 0 Å². The highest BCUT2D eigenvalue weighted by molar-refractivity contribution is 5.65. The molecule has 4 nitrogen and oxygen atoms in total. The maximum Gasteiger partial charge on any atom is 0.119 e. The van der Waals surface area contributed by atoms with Crippen LogP contribution in [0.2, 0.25) is 0 Å². The first-order chi connectivity index (χ1) is 14.2. The van der Waals surface area contributed by atoms with Crippen molar-refractivity contribution in [2.45, 2.75) is 135 Å². The molecule has 0 radical (unpaired) electrons. The Morgan fingerprint density at radius 2 is 1.10 bits per heavy atom. The Morgan fingerprint density at radius 3 is 1.43 bits per heavy atom. The monoisotopic (exact) mass is 427 g/mol. The average molecular weight is 428 g/mol. The van der Waals surface area contributed by atoms with Gasteiger partial charge < -0.3 is 19.5 Å². The van der Waals surface area contributed by atoms with Crippen molar-refractivity contribution < 1.29 is 19.5 Å². The van der Waals surface area contributed by atoms with Gasteiger partial charge in [-0.25, -0.2) is 0 Å². The Balaban J connectivity index is 3.58. The SMILES string of the molecule is CCCCCCCCCCCCCCCCCCC(O)(CC)C[N+](C)(C)CC(=O)[O-]. The molecule has 1 unspecified atom stereocenters. The quantitative estimate of drug-likeness (QED) is 0.180. The first kappa shape index (κ1) is 29.4. The number of carbonyl (C=O) groups excluding carboxylic acids is 1. The van der Waals surface area contributed by atoms with Crippen molar-refractivity contribution in [2.24, 2.45) is 0 Å². The largest absolute Gasteiger partial charge is 0.544 e. The van der Waals surface area contributed by atoms with Crippen LogP contribution in [0, 0.1) is 0 Å². The van der Waals surface area contributed by atoms with E-state index in [0.717, 1.165) is 19.3 Å². The molecule has 30 heavy (non-hydrogen) atoms. The van der Waals surface area contributed by atoms with E-state index in [9.17, 15) is 15.0 Å². The second-order valence-electron chi connectivity index (χ2n) is 10.3. The third kappa shape index (κ3) is 18.2. The first-order valence-corrected chi connectivity index (χ1v) is 13.0. The van der Waals surface area contributed by atoms with Crippen molar-refractivity contribution >= 4 is 5.97 Å². The number of likely N-dealkylation sites (N-methyl/N-ethyl adjacent to an activating group) is 1. The van der Waals surface area contributed by atoms with Crippen molar-refractivity contribution in [2.75, 3.05) is 27.2 Å². The minimum atomic E-state index is -1.05. The summed E-state index contributed by atoms with van der Waals surface area (Å²) in [5.41, 5.74) is -0.769. The van der Waals surface area contributed by atoms with Crippen LogP contribution in [-0.2, 0) is 4.79 Å². The van der Waals surface area contributed by atoms with E-state index in [0.29, 0.717) is 13.0 Å². The molecule has 4 heteroatoms. The number of rotatable bonds is 22. The van der Waals surface area contributed by atoms with Crippen molar-refractivity contribution in [3.8, 4) is 0 Å². The van der Waals surface area contributed by atoms with E-state index in [1.165, 1.54) is 89.9 Å². The number of aliphatic hydroxyl groups is 1. The molecule has 1 atom stereocenters. The van der Waals surface area contributed by atoms with Gasteiger partial charge in [-0.05, 0) is 12.8 Å². The molecule has 0 rings (SSSR count). The summed E-state index contributed by atoms with van der Waals surface area (Å²) in [7, 11) is 3.70. The molecule has 0 saturated carbocycles. The van der Waals surface area contributed by atoms with Crippen LogP contribution in [0.3, 0.4) is 0 Å². The van der Waals surface area contributed by atoms with Crippen LogP contribution in [0.15, 0.2) is 0 Å². The van der Waals surface area contributed by atoms with Crippen LogP contribution < -0.4 is 5.11 Å². The first-order valence-electron chi connectivity index (χ1n) is 13.0. The lowest BCUT2D eigenvalue weighted by Gasteiger charge is -2.38. The molecule has 0 bridgehead atoms. The highest BCUT2D eigenvalue weighted by atomic mass is 16.4. The summed E-state index contributed by atoms with van der Waals surface area (Å²) in [5, 5.41) is 21.8. The average Bonchev–Trinajstić information content (AvgIpc) is 2.66. The zero-order valence-electron chi connectivity index (χ0n) is 20.9. The van der Waals surface area contributed by atoms with E-state index >= 15 is 0 Å². The van der Waals surface area contributed by atoms with Crippen LogP contribution in [0.4, 0.5) is 0 Å².